The maximum atomic E-state index is 12.9. The minimum atomic E-state index is -0.479. The summed E-state index contributed by atoms with van der Waals surface area (Å²) in [7, 11) is 1.45. The highest BCUT2D eigenvalue weighted by atomic mass is 19.1. The first-order valence-electron chi connectivity index (χ1n) is 3.29. The number of oxime groups is 1. The first kappa shape index (κ1) is 8.52. The summed E-state index contributed by atoms with van der Waals surface area (Å²) in [6, 6.07) is 4.27. The van der Waals surface area contributed by atoms with Crippen molar-refractivity contribution in [2.45, 2.75) is 0 Å². The second-order valence-electron chi connectivity index (χ2n) is 2.13. The molecule has 64 valence electrons. The van der Waals surface area contributed by atoms with Gasteiger partial charge < -0.3 is 9.94 Å². The summed E-state index contributed by atoms with van der Waals surface area (Å²) in [5, 5.41) is 10.9. The topological polar surface area (TPSA) is 41.8 Å². The van der Waals surface area contributed by atoms with Crippen molar-refractivity contribution < 1.29 is 14.3 Å². The molecule has 1 rings (SSSR count). The fourth-order valence-corrected chi connectivity index (χ4v) is 0.802. The predicted octanol–water partition coefficient (Wildman–Crippen LogP) is 1.64. The fraction of sp³-hybridized carbons (Fsp3) is 0.125. The van der Waals surface area contributed by atoms with Crippen molar-refractivity contribution in [1.82, 2.24) is 0 Å². The van der Waals surface area contributed by atoms with E-state index in [2.05, 4.69) is 5.16 Å². The highest BCUT2D eigenvalue weighted by Crippen LogP contribution is 2.14. The van der Waals surface area contributed by atoms with Crippen LogP contribution in [0.1, 0.15) is 5.56 Å². The molecule has 0 amide bonds. The van der Waals surface area contributed by atoms with Gasteiger partial charge in [-0.2, -0.15) is 0 Å². The van der Waals surface area contributed by atoms with Crippen molar-refractivity contribution in [3.63, 3.8) is 0 Å². The van der Waals surface area contributed by atoms with E-state index in [1.165, 1.54) is 19.2 Å². The molecule has 0 aromatic heterocycles. The van der Waals surface area contributed by atoms with Crippen LogP contribution < -0.4 is 4.74 Å². The molecule has 12 heavy (non-hydrogen) atoms. The van der Waals surface area contributed by atoms with Crippen LogP contribution in [0.2, 0.25) is 0 Å². The molecule has 0 spiro atoms. The Bertz CT molecular complexity index is 299. The summed E-state index contributed by atoms with van der Waals surface area (Å²) in [6.07, 6.45) is 1.02. The van der Waals surface area contributed by atoms with Crippen molar-refractivity contribution in [3.05, 3.63) is 29.6 Å². The predicted molar refractivity (Wildman–Crippen MR) is 42.3 cm³/mol. The number of methoxy groups -OCH3 is 1. The summed E-state index contributed by atoms with van der Waals surface area (Å²) in [6.45, 7) is 0. The Morgan fingerprint density at radius 2 is 2.33 bits per heavy atom. The number of hydrogen-bond acceptors (Lipinski definition) is 3. The molecule has 0 aliphatic heterocycles. The van der Waals surface area contributed by atoms with Gasteiger partial charge in [0.25, 0.3) is 0 Å². The highest BCUT2D eigenvalue weighted by Gasteiger charge is 2.00. The van der Waals surface area contributed by atoms with Crippen LogP contribution in [0, 0.1) is 5.82 Å². The van der Waals surface area contributed by atoms with Crippen molar-refractivity contribution in [1.29, 1.82) is 0 Å². The zero-order valence-corrected chi connectivity index (χ0v) is 6.49. The average molecular weight is 169 g/mol. The Morgan fingerprint density at radius 1 is 1.58 bits per heavy atom. The lowest BCUT2D eigenvalue weighted by molar-refractivity contribution is 0.321. The van der Waals surface area contributed by atoms with E-state index in [-0.39, 0.29) is 5.56 Å². The van der Waals surface area contributed by atoms with Gasteiger partial charge in [0, 0.05) is 11.6 Å². The van der Waals surface area contributed by atoms with Crippen LogP contribution in [0.3, 0.4) is 0 Å². The van der Waals surface area contributed by atoms with E-state index in [9.17, 15) is 4.39 Å². The van der Waals surface area contributed by atoms with E-state index >= 15 is 0 Å². The van der Waals surface area contributed by atoms with Crippen molar-refractivity contribution in [2.24, 2.45) is 5.16 Å². The second kappa shape index (κ2) is 3.71. The Hall–Kier alpha value is -1.58. The average Bonchev–Trinajstić information content (AvgIpc) is 2.09. The summed E-state index contributed by atoms with van der Waals surface area (Å²) in [5.41, 5.74) is 0.221. The Labute approximate surface area is 69.1 Å². The molecule has 0 heterocycles. The van der Waals surface area contributed by atoms with Crippen LogP contribution in [0.5, 0.6) is 5.75 Å². The number of hydrogen-bond donors (Lipinski definition) is 1. The van der Waals surface area contributed by atoms with Crippen LogP contribution in [0.4, 0.5) is 4.39 Å². The summed E-state index contributed by atoms with van der Waals surface area (Å²) < 4.78 is 17.7. The molecule has 3 nitrogen and oxygen atoms in total. The normalized spacial score (nSPS) is 10.5. The van der Waals surface area contributed by atoms with Gasteiger partial charge in [0.05, 0.1) is 13.3 Å². The van der Waals surface area contributed by atoms with Crippen LogP contribution in [-0.4, -0.2) is 18.5 Å². The number of ether oxygens (including phenoxy) is 1. The van der Waals surface area contributed by atoms with Gasteiger partial charge >= 0.3 is 0 Å². The summed E-state index contributed by atoms with van der Waals surface area (Å²) in [4.78, 5) is 0. The largest absolute Gasteiger partial charge is 0.497 e. The number of nitrogens with zero attached hydrogens (tertiary/aromatic N) is 1. The zero-order chi connectivity index (χ0) is 8.97. The molecular formula is C8H8FNO2. The lowest BCUT2D eigenvalue weighted by Crippen LogP contribution is -1.90. The Balaban J connectivity index is 3.03. The molecule has 0 unspecified atom stereocenters. The summed E-state index contributed by atoms with van der Waals surface area (Å²) >= 11 is 0. The molecule has 0 bridgehead atoms. The van der Waals surface area contributed by atoms with Gasteiger partial charge in [-0.05, 0) is 12.1 Å². The minimum Gasteiger partial charge on any atom is -0.497 e. The Morgan fingerprint density at radius 3 is 2.83 bits per heavy atom. The molecule has 1 aromatic rings. The maximum Gasteiger partial charge on any atom is 0.135 e. The zero-order valence-electron chi connectivity index (χ0n) is 6.49. The summed E-state index contributed by atoms with van der Waals surface area (Å²) in [5.74, 6) is -0.0465. The van der Waals surface area contributed by atoms with Gasteiger partial charge in [-0.1, -0.05) is 5.16 Å². The first-order chi connectivity index (χ1) is 5.77. The van der Waals surface area contributed by atoms with Gasteiger partial charge in [-0.15, -0.1) is 0 Å². The van der Waals surface area contributed by atoms with Gasteiger partial charge in [-0.25, -0.2) is 4.39 Å². The first-order valence-corrected chi connectivity index (χ1v) is 3.29. The van der Waals surface area contributed by atoms with E-state index in [0.717, 1.165) is 6.21 Å². The monoisotopic (exact) mass is 169 g/mol. The molecule has 4 heteroatoms. The molecule has 1 N–H and O–H groups in total. The fourth-order valence-electron chi connectivity index (χ4n) is 0.802. The van der Waals surface area contributed by atoms with Crippen molar-refractivity contribution in [3.8, 4) is 5.75 Å². The number of halogens is 1. The van der Waals surface area contributed by atoms with E-state index in [0.29, 0.717) is 5.75 Å². The molecule has 0 aliphatic rings. The van der Waals surface area contributed by atoms with Crippen LogP contribution >= 0.6 is 0 Å². The highest BCUT2D eigenvalue weighted by molar-refractivity contribution is 5.79. The standard InChI is InChI=1S/C8H8FNO2/c1-12-7-3-2-6(5-10-11)8(9)4-7/h2-5,11H,1H3/b10-5-. The van der Waals surface area contributed by atoms with Gasteiger partial charge in [0.2, 0.25) is 0 Å². The van der Waals surface area contributed by atoms with Gasteiger partial charge in [0.15, 0.2) is 0 Å². The third-order valence-corrected chi connectivity index (χ3v) is 1.40. The second-order valence-corrected chi connectivity index (χ2v) is 2.13. The van der Waals surface area contributed by atoms with E-state index in [4.69, 9.17) is 9.94 Å². The van der Waals surface area contributed by atoms with E-state index < -0.39 is 5.82 Å². The van der Waals surface area contributed by atoms with Crippen LogP contribution in [-0.2, 0) is 0 Å². The quantitative estimate of drug-likeness (QED) is 0.415. The third-order valence-electron chi connectivity index (χ3n) is 1.40. The molecule has 1 aromatic carbocycles. The third kappa shape index (κ3) is 1.72. The number of rotatable bonds is 2. The molecule has 0 fully saturated rings. The van der Waals surface area contributed by atoms with Gasteiger partial charge in [0.1, 0.15) is 11.6 Å². The Kier molecular flexibility index (Phi) is 2.63. The van der Waals surface area contributed by atoms with Gasteiger partial charge in [-0.3, -0.25) is 0 Å². The lowest BCUT2D eigenvalue weighted by atomic mass is 10.2. The van der Waals surface area contributed by atoms with Crippen molar-refractivity contribution in [2.75, 3.05) is 7.11 Å². The number of benzene rings is 1. The van der Waals surface area contributed by atoms with Crippen molar-refractivity contribution >= 4 is 6.21 Å². The molecule has 0 atom stereocenters. The molecule has 0 radical (unpaired) electrons. The lowest BCUT2D eigenvalue weighted by Gasteiger charge is -2.00. The smallest absolute Gasteiger partial charge is 0.135 e. The molecule has 0 saturated carbocycles. The molecule has 0 aliphatic carbocycles. The SMILES string of the molecule is COc1ccc(/C=N\O)c(F)c1. The minimum absolute atomic E-state index is 0.221. The van der Waals surface area contributed by atoms with Crippen LogP contribution in [0.15, 0.2) is 23.4 Å². The van der Waals surface area contributed by atoms with Crippen LogP contribution in [0.25, 0.3) is 0 Å². The van der Waals surface area contributed by atoms with E-state index in [1.54, 1.807) is 6.07 Å². The maximum absolute atomic E-state index is 12.9. The van der Waals surface area contributed by atoms with E-state index in [1.807, 2.05) is 0 Å². The molecule has 0 saturated heterocycles. The molecular weight excluding hydrogens is 161 g/mol.